The maximum absolute atomic E-state index is 14.4. The Hall–Kier alpha value is -4.18. The zero-order chi connectivity index (χ0) is 26.9. The number of nitrogens with zero attached hydrogens (tertiary/aromatic N) is 3. The van der Waals surface area contributed by atoms with Crippen LogP contribution in [0.3, 0.4) is 0 Å². The first kappa shape index (κ1) is 23.9. The van der Waals surface area contributed by atoms with Crippen LogP contribution in [-0.2, 0) is 15.0 Å². The first-order valence-electron chi connectivity index (χ1n) is 12.5. The van der Waals surface area contributed by atoms with Crippen molar-refractivity contribution in [3.05, 3.63) is 133 Å². The quantitative estimate of drug-likeness (QED) is 0.0894. The number of aliphatic imine (C=N–C) groups is 1. The van der Waals surface area contributed by atoms with Gasteiger partial charge >= 0.3 is 0 Å². The number of para-hydroxylation sites is 2. The van der Waals surface area contributed by atoms with Gasteiger partial charge in [-0.25, -0.2) is 4.90 Å². The number of hydrogen-bond donors (Lipinski definition) is 0. The maximum Gasteiger partial charge on any atom is 0.293 e. The van der Waals surface area contributed by atoms with Crippen molar-refractivity contribution in [2.45, 2.75) is 11.3 Å². The molecule has 0 saturated carbocycles. The van der Waals surface area contributed by atoms with E-state index in [1.165, 1.54) is 18.2 Å². The molecule has 190 valence electrons. The Morgan fingerprint density at radius 2 is 1.41 bits per heavy atom. The van der Waals surface area contributed by atoms with Crippen LogP contribution in [0.1, 0.15) is 28.2 Å². The highest BCUT2D eigenvalue weighted by Crippen LogP contribution is 2.64. The zero-order valence-electron chi connectivity index (χ0n) is 20.4. The minimum absolute atomic E-state index is 0.00383. The number of anilines is 1. The number of imide groups is 1. The smallest absolute Gasteiger partial charge is 0.274 e. The molecule has 1 heterocycles. The van der Waals surface area contributed by atoms with Crippen molar-refractivity contribution in [2.75, 3.05) is 4.90 Å². The predicted molar refractivity (Wildman–Crippen MR) is 155 cm³/mol. The molecule has 4 aliphatic rings. The molecule has 8 heteroatoms. The van der Waals surface area contributed by atoms with E-state index >= 15 is 0 Å². The summed E-state index contributed by atoms with van der Waals surface area (Å²) in [6, 6.07) is 29.5. The fourth-order valence-corrected chi connectivity index (χ4v) is 7.16. The number of carbonyl (C=O) groups excluding carboxylic acids is 2. The molecular formula is C31H20IN3O4. The van der Waals surface area contributed by atoms with Gasteiger partial charge in [-0.3, -0.25) is 24.7 Å². The predicted octanol–water partition coefficient (Wildman–Crippen LogP) is 6.15. The van der Waals surface area contributed by atoms with Gasteiger partial charge in [-0.2, -0.15) is 0 Å². The molecule has 2 bridgehead atoms. The molecule has 4 aromatic carbocycles. The Kier molecular flexibility index (Phi) is 5.31. The van der Waals surface area contributed by atoms with Gasteiger partial charge in [0.2, 0.25) is 11.8 Å². The average molecular weight is 625 g/mol. The van der Waals surface area contributed by atoms with Gasteiger partial charge in [0, 0.05) is 21.8 Å². The van der Waals surface area contributed by atoms with Crippen LogP contribution in [0.25, 0.3) is 0 Å². The van der Waals surface area contributed by atoms with Crippen molar-refractivity contribution in [1.29, 1.82) is 0 Å². The van der Waals surface area contributed by atoms with E-state index in [1.54, 1.807) is 6.07 Å². The third kappa shape index (κ3) is 3.24. The van der Waals surface area contributed by atoms with E-state index in [-0.39, 0.29) is 17.3 Å². The highest BCUT2D eigenvalue weighted by Gasteiger charge is 2.68. The summed E-state index contributed by atoms with van der Waals surface area (Å²) >= 11 is 2.24. The SMILES string of the molecule is O=C1[C@@H]2C3c4ccccc4C(C=Nc4ccc(I)cc4)(c4ccccc43)[C@H]2C(=O)N1c1ccccc1[N+](=O)[O-]. The van der Waals surface area contributed by atoms with Crippen LogP contribution < -0.4 is 4.90 Å². The standard InChI is InChI=1S/C31H20IN3O4/c32-18-13-15-19(16-14-18)33-17-31-22-9-3-1-7-20(22)26(21-8-2-4-10-23(21)31)27-28(31)30(37)34(29(27)36)24-11-5-6-12-25(24)35(38)39/h1-17,26-28H/t26?,27-,28-,31?/m1/s1. The van der Waals surface area contributed by atoms with E-state index in [4.69, 9.17) is 4.99 Å². The summed E-state index contributed by atoms with van der Waals surface area (Å²) < 4.78 is 1.08. The molecule has 0 N–H and O–H groups in total. The third-order valence-electron chi connectivity index (χ3n) is 8.25. The summed E-state index contributed by atoms with van der Waals surface area (Å²) in [7, 11) is 0. The van der Waals surface area contributed by atoms with Crippen molar-refractivity contribution in [3.63, 3.8) is 0 Å². The second-order valence-electron chi connectivity index (χ2n) is 10.0. The second kappa shape index (κ2) is 8.67. The summed E-state index contributed by atoms with van der Waals surface area (Å²) in [6.07, 6.45) is 1.83. The van der Waals surface area contributed by atoms with Crippen LogP contribution >= 0.6 is 22.6 Å². The molecule has 8 rings (SSSR count). The largest absolute Gasteiger partial charge is 0.293 e. The third-order valence-corrected chi connectivity index (χ3v) is 8.97. The van der Waals surface area contributed by atoms with Crippen molar-refractivity contribution in [1.82, 2.24) is 0 Å². The summed E-state index contributed by atoms with van der Waals surface area (Å²) in [6.45, 7) is 0. The lowest BCUT2D eigenvalue weighted by Gasteiger charge is -2.52. The van der Waals surface area contributed by atoms with E-state index in [0.717, 1.165) is 36.4 Å². The Morgan fingerprint density at radius 1 is 0.821 bits per heavy atom. The van der Waals surface area contributed by atoms with Gasteiger partial charge in [-0.15, -0.1) is 0 Å². The number of nitro groups is 1. The van der Waals surface area contributed by atoms with Gasteiger partial charge in [0.15, 0.2) is 0 Å². The molecule has 0 radical (unpaired) electrons. The molecule has 3 aliphatic carbocycles. The number of nitro benzene ring substituents is 1. The maximum atomic E-state index is 14.4. The lowest BCUT2D eigenvalue weighted by molar-refractivity contribution is -0.384. The molecule has 1 fully saturated rings. The van der Waals surface area contributed by atoms with Crippen LogP contribution in [-0.4, -0.2) is 23.0 Å². The van der Waals surface area contributed by atoms with E-state index in [1.807, 2.05) is 79.0 Å². The summed E-state index contributed by atoms with van der Waals surface area (Å²) in [5, 5.41) is 11.9. The van der Waals surface area contributed by atoms with Crippen molar-refractivity contribution in [3.8, 4) is 0 Å². The molecule has 0 aromatic heterocycles. The number of hydrogen-bond acceptors (Lipinski definition) is 5. The molecule has 1 aliphatic heterocycles. The van der Waals surface area contributed by atoms with Gasteiger partial charge in [-0.1, -0.05) is 60.7 Å². The van der Waals surface area contributed by atoms with Crippen LogP contribution in [0.15, 0.2) is 102 Å². The molecule has 1 saturated heterocycles. The molecule has 0 unspecified atom stereocenters. The van der Waals surface area contributed by atoms with E-state index in [2.05, 4.69) is 22.6 Å². The van der Waals surface area contributed by atoms with E-state index < -0.39 is 34.0 Å². The van der Waals surface area contributed by atoms with Gasteiger partial charge in [0.25, 0.3) is 5.69 Å². The lowest BCUT2D eigenvalue weighted by Crippen LogP contribution is -2.54. The topological polar surface area (TPSA) is 92.9 Å². The number of rotatable bonds is 4. The van der Waals surface area contributed by atoms with Crippen molar-refractivity contribution < 1.29 is 14.5 Å². The molecule has 2 amide bonds. The Labute approximate surface area is 237 Å². The first-order chi connectivity index (χ1) is 18.9. The molecular weight excluding hydrogens is 605 g/mol. The minimum atomic E-state index is -1.03. The van der Waals surface area contributed by atoms with Crippen LogP contribution in [0.2, 0.25) is 0 Å². The molecule has 2 atom stereocenters. The number of carbonyl (C=O) groups is 2. The summed E-state index contributed by atoms with van der Waals surface area (Å²) in [5.74, 6) is -2.72. The van der Waals surface area contributed by atoms with E-state index in [9.17, 15) is 19.7 Å². The normalized spacial score (nSPS) is 24.5. The fraction of sp³-hybridized carbons (Fsp3) is 0.129. The minimum Gasteiger partial charge on any atom is -0.274 e. The van der Waals surface area contributed by atoms with Crippen LogP contribution in [0.5, 0.6) is 0 Å². The lowest BCUT2D eigenvalue weighted by atomic mass is 9.47. The van der Waals surface area contributed by atoms with Crippen LogP contribution in [0.4, 0.5) is 17.1 Å². The Bertz CT molecular complexity index is 1680. The van der Waals surface area contributed by atoms with Gasteiger partial charge in [-0.05, 0) is 75.2 Å². The number of benzene rings is 4. The Morgan fingerprint density at radius 3 is 2.05 bits per heavy atom. The fourth-order valence-electron chi connectivity index (χ4n) is 6.80. The highest BCUT2D eigenvalue weighted by atomic mass is 127. The highest BCUT2D eigenvalue weighted by molar-refractivity contribution is 14.1. The number of amides is 2. The summed E-state index contributed by atoms with van der Waals surface area (Å²) in [5.41, 5.74) is 3.28. The summed E-state index contributed by atoms with van der Waals surface area (Å²) in [4.78, 5) is 45.9. The van der Waals surface area contributed by atoms with E-state index in [0.29, 0.717) is 0 Å². The van der Waals surface area contributed by atoms with Gasteiger partial charge < -0.3 is 0 Å². The van der Waals surface area contributed by atoms with Crippen molar-refractivity contribution in [2.24, 2.45) is 16.8 Å². The van der Waals surface area contributed by atoms with Gasteiger partial charge in [0.1, 0.15) is 5.69 Å². The number of halogens is 1. The molecule has 39 heavy (non-hydrogen) atoms. The van der Waals surface area contributed by atoms with Crippen LogP contribution in [0, 0.1) is 25.5 Å². The zero-order valence-corrected chi connectivity index (χ0v) is 22.6. The second-order valence-corrected chi connectivity index (χ2v) is 11.3. The molecule has 7 nitrogen and oxygen atoms in total. The van der Waals surface area contributed by atoms with Gasteiger partial charge in [0.05, 0.1) is 27.9 Å². The Balaban J connectivity index is 1.50. The molecule has 0 spiro atoms. The molecule has 4 aromatic rings. The monoisotopic (exact) mass is 625 g/mol. The first-order valence-corrected chi connectivity index (χ1v) is 13.6. The average Bonchev–Trinajstić information content (AvgIpc) is 3.23. The van der Waals surface area contributed by atoms with Crippen molar-refractivity contribution >= 4 is 57.7 Å².